The molecule has 7 nitrogen and oxygen atoms in total. The summed E-state index contributed by atoms with van der Waals surface area (Å²) in [4.78, 5) is 24.0. The van der Waals surface area contributed by atoms with Crippen molar-refractivity contribution in [2.75, 3.05) is 11.9 Å². The van der Waals surface area contributed by atoms with Gasteiger partial charge in [0.1, 0.15) is 5.82 Å². The lowest BCUT2D eigenvalue weighted by Crippen LogP contribution is -2.23. The summed E-state index contributed by atoms with van der Waals surface area (Å²) in [6.07, 6.45) is 6.07. The van der Waals surface area contributed by atoms with E-state index in [0.717, 1.165) is 25.7 Å². The Morgan fingerprint density at radius 3 is 2.88 bits per heavy atom. The maximum absolute atomic E-state index is 12.1. The summed E-state index contributed by atoms with van der Waals surface area (Å²) in [7, 11) is 0. The number of nitriles is 1. The van der Waals surface area contributed by atoms with Gasteiger partial charge < -0.3 is 10.1 Å². The van der Waals surface area contributed by atoms with Crippen molar-refractivity contribution in [3.05, 3.63) is 47.7 Å². The number of aromatic nitrogens is 2. The Morgan fingerprint density at radius 2 is 2.12 bits per heavy atom. The fourth-order valence-corrected chi connectivity index (χ4v) is 2.96. The molecule has 25 heavy (non-hydrogen) atoms. The maximum atomic E-state index is 12.1. The van der Waals surface area contributed by atoms with Crippen molar-refractivity contribution in [3.8, 4) is 6.07 Å². The molecule has 0 saturated heterocycles. The predicted octanol–water partition coefficient (Wildman–Crippen LogP) is 2.67. The van der Waals surface area contributed by atoms with Gasteiger partial charge in [-0.1, -0.05) is 18.9 Å². The molecule has 3 rings (SSSR count). The van der Waals surface area contributed by atoms with Gasteiger partial charge in [-0.15, -0.1) is 0 Å². The molecule has 0 aliphatic heterocycles. The van der Waals surface area contributed by atoms with Crippen LogP contribution in [0.2, 0.25) is 0 Å². The molecule has 1 aliphatic rings. The zero-order valence-corrected chi connectivity index (χ0v) is 13.6. The summed E-state index contributed by atoms with van der Waals surface area (Å²) in [5.74, 6) is -0.458. The van der Waals surface area contributed by atoms with Crippen LogP contribution in [0.4, 0.5) is 5.82 Å². The lowest BCUT2D eigenvalue weighted by Gasteiger charge is -2.14. The molecule has 0 spiro atoms. The monoisotopic (exact) mass is 338 g/mol. The lowest BCUT2D eigenvalue weighted by atomic mass is 10.1. The number of anilines is 1. The third-order valence-corrected chi connectivity index (χ3v) is 4.17. The molecular formula is C18H18N4O3. The van der Waals surface area contributed by atoms with E-state index >= 15 is 0 Å². The number of ether oxygens (including phenoxy) is 1. The second-order valence-corrected chi connectivity index (χ2v) is 5.92. The van der Waals surface area contributed by atoms with Gasteiger partial charge in [-0.25, -0.2) is 9.48 Å². The van der Waals surface area contributed by atoms with Gasteiger partial charge >= 0.3 is 5.97 Å². The molecule has 1 fully saturated rings. The smallest absolute Gasteiger partial charge is 0.338 e. The Hall–Kier alpha value is -3.14. The summed E-state index contributed by atoms with van der Waals surface area (Å²) in [5.41, 5.74) is 0.599. The summed E-state index contributed by atoms with van der Waals surface area (Å²) in [6.45, 7) is -0.397. The molecule has 1 heterocycles. The van der Waals surface area contributed by atoms with Crippen molar-refractivity contribution in [2.24, 2.45) is 0 Å². The van der Waals surface area contributed by atoms with Gasteiger partial charge in [-0.3, -0.25) is 4.79 Å². The molecule has 7 heteroatoms. The summed E-state index contributed by atoms with van der Waals surface area (Å²) < 4.78 is 6.84. The van der Waals surface area contributed by atoms with Gasteiger partial charge in [-0.05, 0) is 31.0 Å². The average molecular weight is 338 g/mol. The van der Waals surface area contributed by atoms with Crippen molar-refractivity contribution in [2.45, 2.75) is 31.7 Å². The van der Waals surface area contributed by atoms with Crippen molar-refractivity contribution in [1.82, 2.24) is 9.78 Å². The van der Waals surface area contributed by atoms with E-state index in [2.05, 4.69) is 10.4 Å². The molecule has 1 aromatic heterocycles. The number of benzene rings is 1. The van der Waals surface area contributed by atoms with Gasteiger partial charge in [0.05, 0.1) is 29.4 Å². The fourth-order valence-electron chi connectivity index (χ4n) is 2.96. The SMILES string of the molecule is N#Cc1cccc(C(=O)OCC(=O)Nc2ccnn2C2CCCC2)c1. The van der Waals surface area contributed by atoms with Crippen molar-refractivity contribution in [3.63, 3.8) is 0 Å². The molecule has 128 valence electrons. The van der Waals surface area contributed by atoms with Gasteiger partial charge in [0.25, 0.3) is 5.91 Å². The minimum absolute atomic E-state index is 0.239. The Labute approximate surface area is 145 Å². The van der Waals surface area contributed by atoms with E-state index in [-0.39, 0.29) is 5.56 Å². The van der Waals surface area contributed by atoms with Crippen molar-refractivity contribution in [1.29, 1.82) is 5.26 Å². The molecule has 0 unspecified atom stereocenters. The summed E-state index contributed by atoms with van der Waals surface area (Å²) >= 11 is 0. The zero-order valence-electron chi connectivity index (χ0n) is 13.6. The first-order chi connectivity index (χ1) is 12.2. The fraction of sp³-hybridized carbons (Fsp3) is 0.333. The molecule has 0 atom stereocenters. The number of carbonyl (C=O) groups excluding carboxylic acids is 2. The third kappa shape index (κ3) is 4.04. The Morgan fingerprint density at radius 1 is 1.32 bits per heavy atom. The lowest BCUT2D eigenvalue weighted by molar-refractivity contribution is -0.119. The van der Waals surface area contributed by atoms with E-state index in [1.165, 1.54) is 12.1 Å². The van der Waals surface area contributed by atoms with Crippen LogP contribution >= 0.6 is 0 Å². The molecule has 1 aliphatic carbocycles. The molecule has 1 aromatic carbocycles. The highest BCUT2D eigenvalue weighted by molar-refractivity contribution is 5.95. The largest absolute Gasteiger partial charge is 0.452 e. The van der Waals surface area contributed by atoms with Gasteiger partial charge in [0.2, 0.25) is 0 Å². The predicted molar refractivity (Wildman–Crippen MR) is 89.8 cm³/mol. The number of rotatable bonds is 5. The third-order valence-electron chi connectivity index (χ3n) is 4.17. The van der Waals surface area contributed by atoms with Crippen LogP contribution < -0.4 is 5.32 Å². The molecule has 2 aromatic rings. The van der Waals surface area contributed by atoms with E-state index in [1.54, 1.807) is 24.4 Å². The van der Waals surface area contributed by atoms with Crippen molar-refractivity contribution >= 4 is 17.7 Å². The Balaban J connectivity index is 1.55. The topological polar surface area (TPSA) is 97.0 Å². The number of nitrogens with zero attached hydrogens (tertiary/aromatic N) is 3. The highest BCUT2D eigenvalue weighted by Crippen LogP contribution is 2.31. The second-order valence-electron chi connectivity index (χ2n) is 5.92. The van der Waals surface area contributed by atoms with E-state index < -0.39 is 18.5 Å². The van der Waals surface area contributed by atoms with Crippen LogP contribution in [-0.4, -0.2) is 28.3 Å². The second kappa shape index (κ2) is 7.62. The average Bonchev–Trinajstić information content (AvgIpc) is 3.31. The summed E-state index contributed by atoms with van der Waals surface area (Å²) in [5, 5.41) is 15.9. The quantitative estimate of drug-likeness (QED) is 0.845. The van der Waals surface area contributed by atoms with Crippen LogP contribution in [0.15, 0.2) is 36.5 Å². The van der Waals surface area contributed by atoms with Crippen LogP contribution in [0.1, 0.15) is 47.6 Å². The number of hydrogen-bond donors (Lipinski definition) is 1. The maximum Gasteiger partial charge on any atom is 0.338 e. The van der Waals surface area contributed by atoms with Crippen LogP contribution in [0.5, 0.6) is 0 Å². The zero-order chi connectivity index (χ0) is 17.6. The number of amides is 1. The van der Waals surface area contributed by atoms with Gasteiger partial charge in [0, 0.05) is 6.07 Å². The first-order valence-electron chi connectivity index (χ1n) is 8.18. The molecule has 1 amide bonds. The van der Waals surface area contributed by atoms with Gasteiger partial charge in [0.15, 0.2) is 6.61 Å². The number of nitrogens with one attached hydrogen (secondary N) is 1. The van der Waals surface area contributed by atoms with Crippen molar-refractivity contribution < 1.29 is 14.3 Å². The first kappa shape index (κ1) is 16.7. The summed E-state index contributed by atoms with van der Waals surface area (Å²) in [6, 6.07) is 10.1. The van der Waals surface area contributed by atoms with E-state index in [9.17, 15) is 9.59 Å². The normalized spacial score (nSPS) is 14.0. The minimum Gasteiger partial charge on any atom is -0.452 e. The molecule has 0 radical (unpaired) electrons. The first-order valence-corrected chi connectivity index (χ1v) is 8.18. The highest BCUT2D eigenvalue weighted by atomic mass is 16.5. The van der Waals surface area contributed by atoms with E-state index in [4.69, 9.17) is 10.00 Å². The molecular weight excluding hydrogens is 320 g/mol. The van der Waals surface area contributed by atoms with E-state index in [1.807, 2.05) is 10.8 Å². The van der Waals surface area contributed by atoms with Crippen LogP contribution in [0, 0.1) is 11.3 Å². The minimum atomic E-state index is -0.642. The van der Waals surface area contributed by atoms with Crippen LogP contribution in [0.25, 0.3) is 0 Å². The Kier molecular flexibility index (Phi) is 5.09. The Bertz CT molecular complexity index is 816. The van der Waals surface area contributed by atoms with Crippen LogP contribution in [-0.2, 0) is 9.53 Å². The molecule has 1 saturated carbocycles. The molecule has 0 bridgehead atoms. The number of hydrogen-bond acceptors (Lipinski definition) is 5. The van der Waals surface area contributed by atoms with Gasteiger partial charge in [-0.2, -0.15) is 10.4 Å². The molecule has 1 N–H and O–H groups in total. The van der Waals surface area contributed by atoms with E-state index in [0.29, 0.717) is 17.4 Å². The number of esters is 1. The highest BCUT2D eigenvalue weighted by Gasteiger charge is 2.20. The standard InChI is InChI=1S/C18H18N4O3/c19-11-13-4-3-5-14(10-13)18(24)25-12-17(23)21-16-8-9-20-22(16)15-6-1-2-7-15/h3-5,8-10,15H,1-2,6-7,12H2,(H,21,23). The van der Waals surface area contributed by atoms with Crippen LogP contribution in [0.3, 0.4) is 0 Å². The number of carbonyl (C=O) groups is 2.